The van der Waals surface area contributed by atoms with E-state index in [-0.39, 0.29) is 5.95 Å². The van der Waals surface area contributed by atoms with Gasteiger partial charge in [0.25, 0.3) is 0 Å². The average molecular weight is 258 g/mol. The highest BCUT2D eigenvalue weighted by Gasteiger charge is 2.41. The van der Waals surface area contributed by atoms with E-state index in [1.165, 1.54) is 25.7 Å². The predicted molar refractivity (Wildman–Crippen MR) is 73.5 cm³/mol. The summed E-state index contributed by atoms with van der Waals surface area (Å²) in [5.74, 6) is 3.76. The lowest BCUT2D eigenvalue weighted by atomic mass is 9.98. The molecule has 0 radical (unpaired) electrons. The monoisotopic (exact) mass is 258 g/mol. The first-order chi connectivity index (χ1) is 9.31. The number of nitrogen functional groups attached to an aromatic ring is 1. The zero-order valence-corrected chi connectivity index (χ0v) is 10.8. The second-order valence-corrected chi connectivity index (χ2v) is 5.78. The van der Waals surface area contributed by atoms with Crippen molar-refractivity contribution in [2.75, 3.05) is 17.6 Å². The van der Waals surface area contributed by atoms with E-state index in [0.717, 1.165) is 35.5 Å². The predicted octanol–water partition coefficient (Wildman–Crippen LogP) is 1.78. The van der Waals surface area contributed by atoms with Crippen LogP contribution in [0.3, 0.4) is 0 Å². The number of hydrogen-bond acceptors (Lipinski definition) is 5. The van der Waals surface area contributed by atoms with E-state index in [4.69, 9.17) is 5.73 Å². The Morgan fingerprint density at radius 2 is 2.00 bits per heavy atom. The first kappa shape index (κ1) is 11.0. The molecule has 4 N–H and O–H groups in total. The van der Waals surface area contributed by atoms with Crippen LogP contribution in [0.25, 0.3) is 11.0 Å². The molecule has 2 aromatic heterocycles. The first-order valence-corrected chi connectivity index (χ1v) is 7.02. The van der Waals surface area contributed by atoms with Gasteiger partial charge in [0.2, 0.25) is 5.95 Å². The summed E-state index contributed by atoms with van der Waals surface area (Å²) < 4.78 is 0. The number of H-pyrrole nitrogens is 1. The molecule has 2 aliphatic carbocycles. The molecule has 0 spiro atoms. The number of aromatic amines is 1. The molecular weight excluding hydrogens is 240 g/mol. The average Bonchev–Trinajstić information content (AvgIpc) is 3.30. The third-order valence-electron chi connectivity index (χ3n) is 4.29. The van der Waals surface area contributed by atoms with Gasteiger partial charge in [0.15, 0.2) is 5.65 Å². The molecule has 0 aliphatic heterocycles. The molecule has 6 heteroatoms. The van der Waals surface area contributed by atoms with Crippen LogP contribution in [0.2, 0.25) is 0 Å². The molecule has 2 fully saturated rings. The number of anilines is 2. The summed E-state index contributed by atoms with van der Waals surface area (Å²) in [6.07, 6.45) is 7.35. The van der Waals surface area contributed by atoms with Gasteiger partial charge in [-0.1, -0.05) is 0 Å². The molecule has 0 aromatic carbocycles. The molecule has 0 saturated heterocycles. The molecule has 100 valence electrons. The van der Waals surface area contributed by atoms with Crippen molar-refractivity contribution in [2.24, 2.45) is 17.8 Å². The number of nitrogens with two attached hydrogens (primary N) is 1. The molecular formula is C13H18N6. The van der Waals surface area contributed by atoms with E-state index in [2.05, 4.69) is 25.5 Å². The Balaban J connectivity index is 1.55. The van der Waals surface area contributed by atoms with E-state index in [0.29, 0.717) is 5.65 Å². The van der Waals surface area contributed by atoms with Crippen molar-refractivity contribution in [1.29, 1.82) is 0 Å². The minimum atomic E-state index is 0.286. The summed E-state index contributed by atoms with van der Waals surface area (Å²) in [5.41, 5.74) is 6.42. The van der Waals surface area contributed by atoms with Crippen LogP contribution in [-0.4, -0.2) is 26.7 Å². The number of hydrogen-bond donors (Lipinski definition) is 3. The van der Waals surface area contributed by atoms with Gasteiger partial charge in [-0.2, -0.15) is 15.1 Å². The van der Waals surface area contributed by atoms with Crippen LogP contribution in [0.15, 0.2) is 6.20 Å². The van der Waals surface area contributed by atoms with Gasteiger partial charge >= 0.3 is 0 Å². The van der Waals surface area contributed by atoms with Crippen molar-refractivity contribution >= 4 is 22.8 Å². The Hall–Kier alpha value is -1.85. The lowest BCUT2D eigenvalue weighted by Gasteiger charge is -2.16. The van der Waals surface area contributed by atoms with Crippen molar-refractivity contribution in [3.8, 4) is 0 Å². The zero-order chi connectivity index (χ0) is 12.8. The van der Waals surface area contributed by atoms with Gasteiger partial charge in [-0.25, -0.2) is 0 Å². The lowest BCUT2D eigenvalue weighted by molar-refractivity contribution is 0.428. The Morgan fingerprint density at radius 1 is 1.26 bits per heavy atom. The Kier molecular flexibility index (Phi) is 2.36. The third kappa shape index (κ3) is 2.11. The summed E-state index contributed by atoms with van der Waals surface area (Å²) in [6, 6.07) is 0. The molecule has 2 aromatic rings. The summed E-state index contributed by atoms with van der Waals surface area (Å²) in [7, 11) is 0. The van der Waals surface area contributed by atoms with Crippen molar-refractivity contribution in [3.63, 3.8) is 0 Å². The van der Waals surface area contributed by atoms with Gasteiger partial charge in [-0.3, -0.25) is 5.10 Å². The lowest BCUT2D eigenvalue weighted by Crippen LogP contribution is -2.19. The number of nitrogens with one attached hydrogen (secondary N) is 2. The standard InChI is InChI=1S/C13H18N6/c14-13-17-11(10-6-16-19-12(10)18-13)15-5-9(7-1-2-7)8-3-4-8/h6-9H,1-5H2,(H4,14,15,16,17,18,19). The fraction of sp³-hybridized carbons (Fsp3) is 0.615. The Morgan fingerprint density at radius 3 is 2.68 bits per heavy atom. The maximum absolute atomic E-state index is 5.72. The quantitative estimate of drug-likeness (QED) is 0.760. The smallest absolute Gasteiger partial charge is 0.224 e. The molecule has 0 unspecified atom stereocenters. The molecule has 2 saturated carbocycles. The number of rotatable bonds is 5. The highest BCUT2D eigenvalue weighted by Crippen LogP contribution is 2.49. The topological polar surface area (TPSA) is 92.5 Å². The fourth-order valence-corrected chi connectivity index (χ4v) is 2.97. The molecule has 0 bridgehead atoms. The molecule has 0 atom stereocenters. The summed E-state index contributed by atoms with van der Waals surface area (Å²) in [5, 5.41) is 11.2. The molecule has 6 nitrogen and oxygen atoms in total. The highest BCUT2D eigenvalue weighted by atomic mass is 15.2. The van der Waals surface area contributed by atoms with Gasteiger partial charge in [0.1, 0.15) is 5.82 Å². The first-order valence-electron chi connectivity index (χ1n) is 7.02. The number of nitrogens with zero attached hydrogens (tertiary/aromatic N) is 3. The van der Waals surface area contributed by atoms with Gasteiger partial charge < -0.3 is 11.1 Å². The van der Waals surface area contributed by atoms with E-state index in [1.54, 1.807) is 6.20 Å². The molecule has 2 heterocycles. The molecule has 0 amide bonds. The number of fused-ring (bicyclic) bond motifs is 1. The minimum absolute atomic E-state index is 0.286. The van der Waals surface area contributed by atoms with Crippen LogP contribution in [0.5, 0.6) is 0 Å². The van der Waals surface area contributed by atoms with Crippen LogP contribution in [0, 0.1) is 17.8 Å². The van der Waals surface area contributed by atoms with E-state index in [9.17, 15) is 0 Å². The maximum atomic E-state index is 5.72. The van der Waals surface area contributed by atoms with Crippen molar-refractivity contribution < 1.29 is 0 Å². The van der Waals surface area contributed by atoms with Gasteiger partial charge in [0.05, 0.1) is 11.6 Å². The zero-order valence-electron chi connectivity index (χ0n) is 10.8. The summed E-state index contributed by atoms with van der Waals surface area (Å²) in [6.45, 7) is 0.992. The summed E-state index contributed by atoms with van der Waals surface area (Å²) in [4.78, 5) is 8.43. The van der Waals surface area contributed by atoms with E-state index in [1.807, 2.05) is 0 Å². The van der Waals surface area contributed by atoms with Crippen molar-refractivity contribution in [2.45, 2.75) is 25.7 Å². The second kappa shape index (κ2) is 4.08. The summed E-state index contributed by atoms with van der Waals surface area (Å²) >= 11 is 0. The van der Waals surface area contributed by atoms with E-state index < -0.39 is 0 Å². The molecule has 19 heavy (non-hydrogen) atoms. The Labute approximate surface area is 111 Å². The van der Waals surface area contributed by atoms with Gasteiger partial charge in [-0.15, -0.1) is 0 Å². The van der Waals surface area contributed by atoms with Crippen LogP contribution in [0.4, 0.5) is 11.8 Å². The highest BCUT2D eigenvalue weighted by molar-refractivity contribution is 5.86. The van der Waals surface area contributed by atoms with E-state index >= 15 is 0 Å². The van der Waals surface area contributed by atoms with Gasteiger partial charge in [-0.05, 0) is 43.4 Å². The normalized spacial score (nSPS) is 19.2. The van der Waals surface area contributed by atoms with Crippen molar-refractivity contribution in [1.82, 2.24) is 20.2 Å². The van der Waals surface area contributed by atoms with Crippen LogP contribution < -0.4 is 11.1 Å². The fourth-order valence-electron chi connectivity index (χ4n) is 2.97. The second-order valence-electron chi connectivity index (χ2n) is 5.78. The number of aromatic nitrogens is 4. The van der Waals surface area contributed by atoms with Crippen LogP contribution >= 0.6 is 0 Å². The molecule has 4 rings (SSSR count). The molecule has 2 aliphatic rings. The Bertz CT molecular complexity index is 586. The third-order valence-corrected chi connectivity index (χ3v) is 4.29. The minimum Gasteiger partial charge on any atom is -0.369 e. The largest absolute Gasteiger partial charge is 0.369 e. The van der Waals surface area contributed by atoms with Gasteiger partial charge in [0, 0.05) is 6.54 Å². The van der Waals surface area contributed by atoms with Crippen LogP contribution in [-0.2, 0) is 0 Å². The van der Waals surface area contributed by atoms with Crippen LogP contribution in [0.1, 0.15) is 25.7 Å². The maximum Gasteiger partial charge on any atom is 0.224 e. The van der Waals surface area contributed by atoms with Crippen molar-refractivity contribution in [3.05, 3.63) is 6.20 Å². The SMILES string of the molecule is Nc1nc(NCC(C2CC2)C2CC2)c2cn[nH]c2n1.